The van der Waals surface area contributed by atoms with Gasteiger partial charge >= 0.3 is 5.97 Å². The van der Waals surface area contributed by atoms with Crippen LogP contribution in [-0.4, -0.2) is 24.2 Å². The SMILES string of the molecule is Cc1cc(N2CCC(C)(C)CC2)ccc1C=CC(=O)O. The molecule has 3 nitrogen and oxygen atoms in total. The number of piperidine rings is 1. The van der Waals surface area contributed by atoms with Crippen LogP contribution in [0.2, 0.25) is 0 Å². The molecule has 0 spiro atoms. The Morgan fingerprint density at radius 3 is 2.50 bits per heavy atom. The van der Waals surface area contributed by atoms with Crippen molar-refractivity contribution in [3.8, 4) is 0 Å². The van der Waals surface area contributed by atoms with E-state index in [1.54, 1.807) is 6.08 Å². The summed E-state index contributed by atoms with van der Waals surface area (Å²) in [5, 5.41) is 8.68. The third-order valence-electron chi connectivity index (χ3n) is 4.14. The van der Waals surface area contributed by atoms with E-state index in [2.05, 4.69) is 30.9 Å². The molecule has 0 bridgehead atoms. The maximum absolute atomic E-state index is 10.6. The highest BCUT2D eigenvalue weighted by molar-refractivity contribution is 5.85. The van der Waals surface area contributed by atoms with E-state index >= 15 is 0 Å². The molecule has 1 aromatic rings. The van der Waals surface area contributed by atoms with Crippen LogP contribution in [0.5, 0.6) is 0 Å². The summed E-state index contributed by atoms with van der Waals surface area (Å²) in [6.45, 7) is 8.87. The molecule has 0 atom stereocenters. The van der Waals surface area contributed by atoms with Gasteiger partial charge in [0.2, 0.25) is 0 Å². The van der Waals surface area contributed by atoms with Crippen molar-refractivity contribution in [1.29, 1.82) is 0 Å². The molecule has 2 rings (SSSR count). The summed E-state index contributed by atoms with van der Waals surface area (Å²) in [6.07, 6.45) is 5.27. The number of rotatable bonds is 3. The number of carboxylic acids is 1. The van der Waals surface area contributed by atoms with E-state index in [0.717, 1.165) is 24.2 Å². The van der Waals surface area contributed by atoms with E-state index in [4.69, 9.17) is 5.11 Å². The molecule has 1 fully saturated rings. The van der Waals surface area contributed by atoms with Crippen molar-refractivity contribution >= 4 is 17.7 Å². The highest BCUT2D eigenvalue weighted by atomic mass is 16.4. The minimum atomic E-state index is -0.910. The summed E-state index contributed by atoms with van der Waals surface area (Å²) in [5.74, 6) is -0.910. The number of benzene rings is 1. The number of hydrogen-bond donors (Lipinski definition) is 1. The minimum Gasteiger partial charge on any atom is -0.478 e. The first kappa shape index (κ1) is 14.6. The zero-order chi connectivity index (χ0) is 14.8. The first-order chi connectivity index (χ1) is 9.37. The summed E-state index contributed by atoms with van der Waals surface area (Å²) in [6, 6.07) is 6.25. The molecule has 0 unspecified atom stereocenters. The lowest BCUT2D eigenvalue weighted by Crippen LogP contribution is -2.37. The fourth-order valence-electron chi connectivity index (χ4n) is 2.57. The van der Waals surface area contributed by atoms with E-state index in [0.29, 0.717) is 5.41 Å². The molecule has 1 aromatic carbocycles. The Hall–Kier alpha value is -1.77. The summed E-state index contributed by atoms with van der Waals surface area (Å²) in [4.78, 5) is 13.0. The van der Waals surface area contributed by atoms with Gasteiger partial charge in [0, 0.05) is 24.9 Å². The maximum Gasteiger partial charge on any atom is 0.328 e. The number of carbonyl (C=O) groups is 1. The van der Waals surface area contributed by atoms with Gasteiger partial charge in [-0.2, -0.15) is 0 Å². The van der Waals surface area contributed by atoms with Gasteiger partial charge in [-0.15, -0.1) is 0 Å². The monoisotopic (exact) mass is 273 g/mol. The van der Waals surface area contributed by atoms with E-state index in [1.807, 2.05) is 13.0 Å². The third kappa shape index (κ3) is 3.62. The Balaban J connectivity index is 2.11. The Morgan fingerprint density at radius 2 is 1.95 bits per heavy atom. The van der Waals surface area contributed by atoms with Crippen LogP contribution in [0, 0.1) is 12.3 Å². The van der Waals surface area contributed by atoms with Crippen LogP contribution < -0.4 is 4.90 Å². The average Bonchev–Trinajstić information content (AvgIpc) is 2.37. The normalized spacial score (nSPS) is 18.4. The molecular weight excluding hydrogens is 250 g/mol. The van der Waals surface area contributed by atoms with Gasteiger partial charge in [-0.1, -0.05) is 19.9 Å². The smallest absolute Gasteiger partial charge is 0.328 e. The van der Waals surface area contributed by atoms with Crippen LogP contribution >= 0.6 is 0 Å². The van der Waals surface area contributed by atoms with Gasteiger partial charge in [0.05, 0.1) is 0 Å². The molecule has 0 saturated carbocycles. The molecule has 0 radical (unpaired) electrons. The van der Waals surface area contributed by atoms with Crippen molar-refractivity contribution < 1.29 is 9.90 Å². The van der Waals surface area contributed by atoms with E-state index in [1.165, 1.54) is 24.6 Å². The summed E-state index contributed by atoms with van der Waals surface area (Å²) in [5.41, 5.74) is 3.78. The molecule has 1 saturated heterocycles. The van der Waals surface area contributed by atoms with Crippen molar-refractivity contribution in [3.63, 3.8) is 0 Å². The second-order valence-electron chi connectivity index (χ2n) is 6.36. The lowest BCUT2D eigenvalue weighted by Gasteiger charge is -2.38. The number of carboxylic acid groups (broad SMARTS) is 1. The quantitative estimate of drug-likeness (QED) is 0.853. The predicted octanol–water partition coefficient (Wildman–Crippen LogP) is 3.72. The second kappa shape index (κ2) is 5.70. The van der Waals surface area contributed by atoms with Gasteiger partial charge in [0.25, 0.3) is 0 Å². The molecule has 1 heterocycles. The Bertz CT molecular complexity index is 522. The van der Waals surface area contributed by atoms with Crippen LogP contribution in [0.15, 0.2) is 24.3 Å². The molecule has 3 heteroatoms. The van der Waals surface area contributed by atoms with Crippen LogP contribution in [0.1, 0.15) is 37.8 Å². The van der Waals surface area contributed by atoms with Crippen molar-refractivity contribution in [2.75, 3.05) is 18.0 Å². The van der Waals surface area contributed by atoms with Crippen LogP contribution in [-0.2, 0) is 4.79 Å². The van der Waals surface area contributed by atoms with Gasteiger partial charge in [-0.05, 0) is 54.5 Å². The minimum absolute atomic E-state index is 0.454. The number of hydrogen-bond acceptors (Lipinski definition) is 2. The fraction of sp³-hybridized carbons (Fsp3) is 0.471. The van der Waals surface area contributed by atoms with Gasteiger partial charge in [-0.25, -0.2) is 4.79 Å². The first-order valence-electron chi connectivity index (χ1n) is 7.14. The standard InChI is InChI=1S/C17H23NO2/c1-13-12-15(6-4-14(13)5-7-16(19)20)18-10-8-17(2,3)9-11-18/h4-7,12H,8-11H2,1-3H3,(H,19,20). The Morgan fingerprint density at radius 1 is 1.30 bits per heavy atom. The maximum atomic E-state index is 10.6. The zero-order valence-electron chi connectivity index (χ0n) is 12.5. The van der Waals surface area contributed by atoms with Crippen LogP contribution in [0.3, 0.4) is 0 Å². The predicted molar refractivity (Wildman–Crippen MR) is 83.1 cm³/mol. The Kier molecular flexibility index (Phi) is 4.17. The van der Waals surface area contributed by atoms with Gasteiger partial charge in [-0.3, -0.25) is 0 Å². The summed E-state index contributed by atoms with van der Waals surface area (Å²) >= 11 is 0. The topological polar surface area (TPSA) is 40.5 Å². The van der Waals surface area contributed by atoms with Gasteiger partial charge < -0.3 is 10.0 Å². The molecule has 108 valence electrons. The third-order valence-corrected chi connectivity index (χ3v) is 4.14. The zero-order valence-corrected chi connectivity index (χ0v) is 12.5. The summed E-state index contributed by atoms with van der Waals surface area (Å²) < 4.78 is 0. The van der Waals surface area contributed by atoms with Crippen molar-refractivity contribution in [2.45, 2.75) is 33.6 Å². The van der Waals surface area contributed by atoms with Crippen LogP contribution in [0.25, 0.3) is 6.08 Å². The molecule has 20 heavy (non-hydrogen) atoms. The molecule has 0 aromatic heterocycles. The van der Waals surface area contributed by atoms with Crippen LogP contribution in [0.4, 0.5) is 5.69 Å². The lowest BCUT2D eigenvalue weighted by molar-refractivity contribution is -0.131. The highest BCUT2D eigenvalue weighted by Crippen LogP contribution is 2.32. The van der Waals surface area contributed by atoms with E-state index < -0.39 is 5.97 Å². The molecule has 1 aliphatic rings. The molecular formula is C17H23NO2. The molecule has 1 N–H and O–H groups in total. The van der Waals surface area contributed by atoms with Crippen molar-refractivity contribution in [3.05, 3.63) is 35.4 Å². The van der Waals surface area contributed by atoms with Crippen molar-refractivity contribution in [2.24, 2.45) is 5.41 Å². The first-order valence-corrected chi connectivity index (χ1v) is 7.14. The van der Waals surface area contributed by atoms with Gasteiger partial charge in [0.15, 0.2) is 0 Å². The molecule has 1 aliphatic heterocycles. The number of aliphatic carboxylic acids is 1. The molecule has 0 aliphatic carbocycles. The number of aryl methyl sites for hydroxylation is 1. The van der Waals surface area contributed by atoms with E-state index in [-0.39, 0.29) is 0 Å². The average molecular weight is 273 g/mol. The van der Waals surface area contributed by atoms with E-state index in [9.17, 15) is 4.79 Å². The number of anilines is 1. The largest absolute Gasteiger partial charge is 0.478 e. The highest BCUT2D eigenvalue weighted by Gasteiger charge is 2.25. The lowest BCUT2D eigenvalue weighted by atomic mass is 9.82. The number of nitrogens with zero attached hydrogens (tertiary/aromatic N) is 1. The molecule has 0 amide bonds. The summed E-state index contributed by atoms with van der Waals surface area (Å²) in [7, 11) is 0. The fourth-order valence-corrected chi connectivity index (χ4v) is 2.57. The second-order valence-corrected chi connectivity index (χ2v) is 6.36. The van der Waals surface area contributed by atoms with Gasteiger partial charge in [0.1, 0.15) is 0 Å². The van der Waals surface area contributed by atoms with Crippen molar-refractivity contribution in [1.82, 2.24) is 0 Å². The Labute approximate surface area is 120 Å².